The van der Waals surface area contributed by atoms with E-state index < -0.39 is 0 Å². The van der Waals surface area contributed by atoms with Crippen molar-refractivity contribution in [2.45, 2.75) is 19.9 Å². The van der Waals surface area contributed by atoms with Gasteiger partial charge in [-0.1, -0.05) is 30.7 Å². The van der Waals surface area contributed by atoms with E-state index in [4.69, 9.17) is 11.6 Å². The smallest absolute Gasteiger partial charge is 0.0406 e. The molecule has 0 fully saturated rings. The summed E-state index contributed by atoms with van der Waals surface area (Å²) >= 11 is 5.80. The molecule has 0 saturated carbocycles. The Kier molecular flexibility index (Phi) is 4.26. The van der Waals surface area contributed by atoms with Crippen LogP contribution in [0.2, 0.25) is 5.02 Å². The summed E-state index contributed by atoms with van der Waals surface area (Å²) in [6.07, 6.45) is 1.20. The molecule has 0 atom stereocenters. The number of nitrogens with zero attached hydrogens (tertiary/aromatic N) is 1. The lowest BCUT2D eigenvalue weighted by Crippen LogP contribution is -2.18. The maximum Gasteiger partial charge on any atom is 0.0406 e. The molecule has 0 bridgehead atoms. The fourth-order valence-electron chi connectivity index (χ4n) is 1.36. The molecule has 0 aromatic heterocycles. The van der Waals surface area contributed by atoms with Gasteiger partial charge >= 0.3 is 0 Å². The molecular weight excluding hydrogens is 182 g/mol. The van der Waals surface area contributed by atoms with Gasteiger partial charge in [0, 0.05) is 11.6 Å². The van der Waals surface area contributed by atoms with Crippen LogP contribution in [-0.4, -0.2) is 18.5 Å². The van der Waals surface area contributed by atoms with Gasteiger partial charge in [0.15, 0.2) is 0 Å². The molecule has 13 heavy (non-hydrogen) atoms. The number of benzene rings is 1. The Labute approximate surface area is 85.3 Å². The van der Waals surface area contributed by atoms with Gasteiger partial charge in [-0.25, -0.2) is 0 Å². The van der Waals surface area contributed by atoms with Crippen LogP contribution in [0.4, 0.5) is 0 Å². The molecule has 1 aromatic carbocycles. The first kappa shape index (κ1) is 10.6. The second-order valence-corrected chi connectivity index (χ2v) is 3.80. The summed E-state index contributed by atoms with van der Waals surface area (Å²) in [5.74, 6) is 0. The lowest BCUT2D eigenvalue weighted by Gasteiger charge is -2.15. The molecule has 1 rings (SSSR count). The molecular formula is C11H16ClN. The normalized spacial score (nSPS) is 10.8. The minimum Gasteiger partial charge on any atom is -0.302 e. The predicted octanol–water partition coefficient (Wildman–Crippen LogP) is 3.18. The Bertz CT molecular complexity index is 243. The van der Waals surface area contributed by atoms with Crippen LogP contribution in [0.5, 0.6) is 0 Å². The number of hydrogen-bond donors (Lipinski definition) is 0. The molecule has 0 amide bonds. The highest BCUT2D eigenvalue weighted by molar-refractivity contribution is 6.30. The zero-order chi connectivity index (χ0) is 9.68. The average molecular weight is 198 g/mol. The van der Waals surface area contributed by atoms with Gasteiger partial charge < -0.3 is 4.90 Å². The Balaban J connectivity index is 2.49. The van der Waals surface area contributed by atoms with Crippen molar-refractivity contribution in [2.24, 2.45) is 0 Å². The molecule has 0 radical (unpaired) electrons. The first-order valence-electron chi connectivity index (χ1n) is 4.65. The van der Waals surface area contributed by atoms with Crippen molar-refractivity contribution in [3.63, 3.8) is 0 Å². The summed E-state index contributed by atoms with van der Waals surface area (Å²) in [6, 6.07) is 8.04. The van der Waals surface area contributed by atoms with Crippen molar-refractivity contribution < 1.29 is 0 Å². The molecule has 0 saturated heterocycles. The number of halogens is 1. The summed E-state index contributed by atoms with van der Waals surface area (Å²) in [5.41, 5.74) is 1.32. The van der Waals surface area contributed by atoms with Gasteiger partial charge in [-0.05, 0) is 37.7 Å². The van der Waals surface area contributed by atoms with Crippen LogP contribution in [0.15, 0.2) is 24.3 Å². The van der Waals surface area contributed by atoms with Crippen molar-refractivity contribution in [3.05, 3.63) is 34.9 Å². The van der Waals surface area contributed by atoms with Gasteiger partial charge in [0.25, 0.3) is 0 Å². The molecule has 72 valence electrons. The van der Waals surface area contributed by atoms with E-state index in [0.29, 0.717) is 0 Å². The molecule has 1 aromatic rings. The van der Waals surface area contributed by atoms with Crippen LogP contribution in [0.1, 0.15) is 18.9 Å². The van der Waals surface area contributed by atoms with Crippen LogP contribution in [0, 0.1) is 0 Å². The van der Waals surface area contributed by atoms with Crippen LogP contribution >= 0.6 is 11.6 Å². The highest BCUT2D eigenvalue weighted by Gasteiger charge is 1.98. The number of rotatable bonds is 4. The Hall–Kier alpha value is -0.530. The van der Waals surface area contributed by atoms with Crippen molar-refractivity contribution in [1.29, 1.82) is 0 Å². The van der Waals surface area contributed by atoms with Crippen LogP contribution < -0.4 is 0 Å². The van der Waals surface area contributed by atoms with E-state index in [0.717, 1.165) is 18.1 Å². The van der Waals surface area contributed by atoms with E-state index in [1.807, 2.05) is 12.1 Å². The van der Waals surface area contributed by atoms with E-state index >= 15 is 0 Å². The van der Waals surface area contributed by atoms with E-state index in [1.54, 1.807) is 0 Å². The van der Waals surface area contributed by atoms with Crippen molar-refractivity contribution >= 4 is 11.6 Å². The lowest BCUT2D eigenvalue weighted by atomic mass is 10.2. The molecule has 0 heterocycles. The van der Waals surface area contributed by atoms with Gasteiger partial charge in [-0.2, -0.15) is 0 Å². The first-order chi connectivity index (χ1) is 6.22. The van der Waals surface area contributed by atoms with Gasteiger partial charge in [-0.3, -0.25) is 0 Å². The summed E-state index contributed by atoms with van der Waals surface area (Å²) in [5, 5.41) is 0.807. The van der Waals surface area contributed by atoms with E-state index in [1.165, 1.54) is 12.0 Å². The van der Waals surface area contributed by atoms with Crippen LogP contribution in [0.25, 0.3) is 0 Å². The third-order valence-corrected chi connectivity index (χ3v) is 2.22. The molecule has 0 aliphatic rings. The third kappa shape index (κ3) is 3.79. The third-order valence-electron chi connectivity index (χ3n) is 1.97. The molecule has 0 unspecified atom stereocenters. The summed E-state index contributed by atoms with van der Waals surface area (Å²) in [4.78, 5) is 2.31. The van der Waals surface area contributed by atoms with Crippen molar-refractivity contribution in [2.75, 3.05) is 13.6 Å². The summed E-state index contributed by atoms with van der Waals surface area (Å²) in [6.45, 7) is 4.34. The van der Waals surface area contributed by atoms with Gasteiger partial charge in [0.2, 0.25) is 0 Å². The molecule has 0 aliphatic carbocycles. The Morgan fingerprint density at radius 3 is 2.38 bits per heavy atom. The molecule has 1 nitrogen and oxygen atoms in total. The SMILES string of the molecule is CCCN(C)Cc1ccc(Cl)cc1. The highest BCUT2D eigenvalue weighted by Crippen LogP contribution is 2.10. The highest BCUT2D eigenvalue weighted by atomic mass is 35.5. The molecule has 0 N–H and O–H groups in total. The van der Waals surface area contributed by atoms with E-state index in [9.17, 15) is 0 Å². The first-order valence-corrected chi connectivity index (χ1v) is 5.03. The monoisotopic (exact) mass is 197 g/mol. The predicted molar refractivity (Wildman–Crippen MR) is 58.1 cm³/mol. The standard InChI is InChI=1S/C11H16ClN/c1-3-8-13(2)9-10-4-6-11(12)7-5-10/h4-7H,3,8-9H2,1-2H3. The largest absolute Gasteiger partial charge is 0.302 e. The second-order valence-electron chi connectivity index (χ2n) is 3.36. The molecule has 2 heteroatoms. The van der Waals surface area contributed by atoms with E-state index in [-0.39, 0.29) is 0 Å². The van der Waals surface area contributed by atoms with Gasteiger partial charge in [0.05, 0.1) is 0 Å². The zero-order valence-corrected chi connectivity index (χ0v) is 9.01. The summed E-state index contributed by atoms with van der Waals surface area (Å²) in [7, 11) is 2.14. The fraction of sp³-hybridized carbons (Fsp3) is 0.455. The molecule has 0 aliphatic heterocycles. The number of hydrogen-bond acceptors (Lipinski definition) is 1. The maximum atomic E-state index is 5.80. The van der Waals surface area contributed by atoms with Crippen LogP contribution in [-0.2, 0) is 6.54 Å². The minimum atomic E-state index is 0.807. The lowest BCUT2D eigenvalue weighted by molar-refractivity contribution is 0.327. The zero-order valence-electron chi connectivity index (χ0n) is 8.26. The fourth-order valence-corrected chi connectivity index (χ4v) is 1.49. The van der Waals surface area contributed by atoms with Gasteiger partial charge in [-0.15, -0.1) is 0 Å². The molecule has 0 spiro atoms. The van der Waals surface area contributed by atoms with Gasteiger partial charge in [0.1, 0.15) is 0 Å². The summed E-state index contributed by atoms with van der Waals surface area (Å²) < 4.78 is 0. The average Bonchev–Trinajstić information content (AvgIpc) is 2.09. The Morgan fingerprint density at radius 1 is 1.23 bits per heavy atom. The Morgan fingerprint density at radius 2 is 1.85 bits per heavy atom. The van der Waals surface area contributed by atoms with E-state index in [2.05, 4.69) is 31.0 Å². The minimum absolute atomic E-state index is 0.807. The van der Waals surface area contributed by atoms with Crippen molar-refractivity contribution in [1.82, 2.24) is 4.90 Å². The second kappa shape index (κ2) is 5.25. The van der Waals surface area contributed by atoms with Crippen LogP contribution in [0.3, 0.4) is 0 Å². The van der Waals surface area contributed by atoms with Crippen molar-refractivity contribution in [3.8, 4) is 0 Å². The maximum absolute atomic E-state index is 5.80. The quantitative estimate of drug-likeness (QED) is 0.717. The topological polar surface area (TPSA) is 3.24 Å².